The number of nitrogens with zero attached hydrogens (tertiary/aromatic N) is 1. The molecule has 0 spiro atoms. The first-order valence-corrected chi connectivity index (χ1v) is 9.79. The van der Waals surface area contributed by atoms with Gasteiger partial charge in [0.25, 0.3) is 5.91 Å². The van der Waals surface area contributed by atoms with Crippen molar-refractivity contribution in [3.8, 4) is 5.88 Å². The van der Waals surface area contributed by atoms with Gasteiger partial charge in [0.1, 0.15) is 6.10 Å². The van der Waals surface area contributed by atoms with Crippen LogP contribution in [0.25, 0.3) is 0 Å². The molecule has 120 valence electrons. The predicted molar refractivity (Wildman–Crippen MR) is 96.8 cm³/mol. The molecule has 1 atom stereocenters. The molecule has 1 aromatic heterocycles. The van der Waals surface area contributed by atoms with E-state index in [1.54, 1.807) is 30.1 Å². The van der Waals surface area contributed by atoms with Crippen molar-refractivity contribution in [2.24, 2.45) is 0 Å². The number of carbonyl (C=O) groups is 1. The van der Waals surface area contributed by atoms with Crippen LogP contribution in [0, 0.1) is 0 Å². The minimum absolute atomic E-state index is 0.165. The van der Waals surface area contributed by atoms with Crippen molar-refractivity contribution in [3.05, 3.63) is 48.2 Å². The lowest BCUT2D eigenvalue weighted by atomic mass is 10.2. The largest absolute Gasteiger partial charge is 0.473 e. The highest BCUT2D eigenvalue weighted by atomic mass is 32.2. The van der Waals surface area contributed by atoms with Crippen molar-refractivity contribution in [2.45, 2.75) is 17.4 Å². The van der Waals surface area contributed by atoms with Crippen LogP contribution in [-0.2, 0) is 0 Å². The highest BCUT2D eigenvalue weighted by molar-refractivity contribution is 7.99. The predicted octanol–water partition coefficient (Wildman–Crippen LogP) is 3.94. The summed E-state index contributed by atoms with van der Waals surface area (Å²) >= 11 is 3.50. The summed E-state index contributed by atoms with van der Waals surface area (Å²) in [4.78, 5) is 17.6. The lowest BCUT2D eigenvalue weighted by molar-refractivity contribution is 0.102. The molecule has 23 heavy (non-hydrogen) atoms. The molecule has 2 aromatic rings. The fourth-order valence-electron chi connectivity index (χ4n) is 2.30. The van der Waals surface area contributed by atoms with E-state index in [4.69, 9.17) is 4.74 Å². The monoisotopic (exact) mass is 346 g/mol. The average Bonchev–Trinajstić information content (AvgIpc) is 3.09. The molecule has 1 N–H and O–H groups in total. The standard InChI is InChI=1S/C17H18N2O2S2/c1-22-15-5-3-2-4-14(15)19-17(20)12-6-7-16(18-10-12)21-13-8-9-23-11-13/h2-7,10,13H,8-9,11H2,1H3,(H,19,20). The number of benzene rings is 1. The van der Waals surface area contributed by atoms with Crippen LogP contribution in [0.5, 0.6) is 5.88 Å². The van der Waals surface area contributed by atoms with Gasteiger partial charge in [-0.1, -0.05) is 12.1 Å². The van der Waals surface area contributed by atoms with Crippen molar-refractivity contribution >= 4 is 35.1 Å². The van der Waals surface area contributed by atoms with E-state index in [9.17, 15) is 4.79 Å². The van der Waals surface area contributed by atoms with Gasteiger partial charge in [0.2, 0.25) is 5.88 Å². The Hall–Kier alpha value is -1.66. The van der Waals surface area contributed by atoms with E-state index in [0.29, 0.717) is 11.4 Å². The molecule has 1 aromatic carbocycles. The maximum atomic E-state index is 12.3. The summed E-state index contributed by atoms with van der Waals surface area (Å²) in [7, 11) is 0. The minimum atomic E-state index is -0.165. The lowest BCUT2D eigenvalue weighted by Crippen LogP contribution is -2.16. The molecule has 0 aliphatic carbocycles. The van der Waals surface area contributed by atoms with E-state index in [-0.39, 0.29) is 12.0 Å². The van der Waals surface area contributed by atoms with Gasteiger partial charge in [-0.25, -0.2) is 4.98 Å². The maximum absolute atomic E-state index is 12.3. The first kappa shape index (κ1) is 16.2. The number of nitrogens with one attached hydrogen (secondary N) is 1. The quantitative estimate of drug-likeness (QED) is 0.831. The van der Waals surface area contributed by atoms with Gasteiger partial charge in [0, 0.05) is 22.9 Å². The topological polar surface area (TPSA) is 51.2 Å². The number of hydrogen-bond acceptors (Lipinski definition) is 5. The Labute approximate surface area is 144 Å². The van der Waals surface area contributed by atoms with E-state index >= 15 is 0 Å². The zero-order chi connectivity index (χ0) is 16.1. The third-order valence-electron chi connectivity index (χ3n) is 3.53. The molecule has 1 fully saturated rings. The number of hydrogen-bond donors (Lipinski definition) is 1. The van der Waals surface area contributed by atoms with Gasteiger partial charge in [0.05, 0.1) is 11.3 Å². The van der Waals surface area contributed by atoms with E-state index in [1.165, 1.54) is 0 Å². The van der Waals surface area contributed by atoms with Crippen molar-refractivity contribution < 1.29 is 9.53 Å². The number of pyridine rings is 1. The summed E-state index contributed by atoms with van der Waals surface area (Å²) < 4.78 is 5.80. The van der Waals surface area contributed by atoms with Gasteiger partial charge in [-0.15, -0.1) is 11.8 Å². The van der Waals surface area contributed by atoms with Crippen molar-refractivity contribution in [3.63, 3.8) is 0 Å². The van der Waals surface area contributed by atoms with E-state index in [1.807, 2.05) is 42.3 Å². The number of carbonyl (C=O) groups excluding carboxylic acids is 1. The molecule has 1 amide bonds. The molecule has 3 rings (SSSR count). The zero-order valence-electron chi connectivity index (χ0n) is 12.8. The number of rotatable bonds is 5. The van der Waals surface area contributed by atoms with Crippen LogP contribution in [-0.4, -0.2) is 34.8 Å². The molecule has 0 radical (unpaired) electrons. The molecular formula is C17H18N2O2S2. The van der Waals surface area contributed by atoms with Crippen molar-refractivity contribution in [1.82, 2.24) is 4.98 Å². The highest BCUT2D eigenvalue weighted by Crippen LogP contribution is 2.25. The van der Waals surface area contributed by atoms with Crippen LogP contribution < -0.4 is 10.1 Å². The third-order valence-corrected chi connectivity index (χ3v) is 5.46. The summed E-state index contributed by atoms with van der Waals surface area (Å²) in [5.74, 6) is 2.57. The number of amides is 1. The van der Waals surface area contributed by atoms with Crippen molar-refractivity contribution in [2.75, 3.05) is 23.1 Å². The molecule has 4 nitrogen and oxygen atoms in total. The van der Waals surface area contributed by atoms with Crippen LogP contribution in [0.1, 0.15) is 16.8 Å². The SMILES string of the molecule is CSc1ccccc1NC(=O)c1ccc(OC2CCSC2)nc1. The Morgan fingerprint density at radius 1 is 1.35 bits per heavy atom. The van der Waals surface area contributed by atoms with Gasteiger partial charge in [0.15, 0.2) is 0 Å². The van der Waals surface area contributed by atoms with Crippen LogP contribution >= 0.6 is 23.5 Å². The van der Waals surface area contributed by atoms with E-state index in [0.717, 1.165) is 28.5 Å². The minimum Gasteiger partial charge on any atom is -0.473 e. The summed E-state index contributed by atoms with van der Waals surface area (Å²) in [6, 6.07) is 11.3. The molecule has 1 unspecified atom stereocenters. The molecule has 1 aliphatic rings. The molecule has 1 aliphatic heterocycles. The van der Waals surface area contributed by atoms with E-state index < -0.39 is 0 Å². The number of para-hydroxylation sites is 1. The maximum Gasteiger partial charge on any atom is 0.257 e. The molecule has 0 saturated carbocycles. The first-order chi connectivity index (χ1) is 11.3. The zero-order valence-corrected chi connectivity index (χ0v) is 14.5. The van der Waals surface area contributed by atoms with Gasteiger partial charge >= 0.3 is 0 Å². The Kier molecular flexibility index (Phi) is 5.46. The molecular weight excluding hydrogens is 328 g/mol. The van der Waals surface area contributed by atoms with Crippen LogP contribution in [0.4, 0.5) is 5.69 Å². The molecule has 2 heterocycles. The van der Waals surface area contributed by atoms with Crippen LogP contribution in [0.2, 0.25) is 0 Å². The summed E-state index contributed by atoms with van der Waals surface area (Å²) in [6.07, 6.45) is 4.84. The Morgan fingerprint density at radius 2 is 2.22 bits per heavy atom. The summed E-state index contributed by atoms with van der Waals surface area (Å²) in [5.41, 5.74) is 1.34. The average molecular weight is 346 g/mol. The first-order valence-electron chi connectivity index (χ1n) is 7.41. The Bertz CT molecular complexity index is 671. The van der Waals surface area contributed by atoms with Crippen LogP contribution in [0.3, 0.4) is 0 Å². The summed E-state index contributed by atoms with van der Waals surface area (Å²) in [6.45, 7) is 0. The lowest BCUT2D eigenvalue weighted by Gasteiger charge is -2.12. The van der Waals surface area contributed by atoms with Gasteiger partial charge in [-0.2, -0.15) is 11.8 Å². The third kappa shape index (κ3) is 4.20. The normalized spacial score (nSPS) is 17.0. The fourth-order valence-corrected chi connectivity index (χ4v) is 3.95. The Balaban J connectivity index is 1.65. The number of anilines is 1. The van der Waals surface area contributed by atoms with Gasteiger partial charge in [-0.05, 0) is 36.6 Å². The smallest absolute Gasteiger partial charge is 0.257 e. The second kappa shape index (κ2) is 7.75. The number of ether oxygens (including phenoxy) is 1. The molecule has 1 saturated heterocycles. The fraction of sp³-hybridized carbons (Fsp3) is 0.294. The number of aromatic nitrogens is 1. The number of thioether (sulfide) groups is 2. The summed E-state index contributed by atoms with van der Waals surface area (Å²) in [5, 5.41) is 2.93. The van der Waals surface area contributed by atoms with Crippen molar-refractivity contribution in [1.29, 1.82) is 0 Å². The van der Waals surface area contributed by atoms with Crippen LogP contribution in [0.15, 0.2) is 47.5 Å². The second-order valence-electron chi connectivity index (χ2n) is 5.14. The van der Waals surface area contributed by atoms with Gasteiger partial charge in [-0.3, -0.25) is 4.79 Å². The van der Waals surface area contributed by atoms with Gasteiger partial charge < -0.3 is 10.1 Å². The van der Waals surface area contributed by atoms with E-state index in [2.05, 4.69) is 10.3 Å². The molecule has 0 bridgehead atoms. The molecule has 6 heteroatoms. The second-order valence-corrected chi connectivity index (χ2v) is 7.14. The Morgan fingerprint density at radius 3 is 2.91 bits per heavy atom. The highest BCUT2D eigenvalue weighted by Gasteiger charge is 2.17.